The summed E-state index contributed by atoms with van der Waals surface area (Å²) in [6, 6.07) is 4.53. The first-order valence-corrected chi connectivity index (χ1v) is 9.52. The molecule has 7 nitrogen and oxygen atoms in total. The summed E-state index contributed by atoms with van der Waals surface area (Å²) in [5.41, 5.74) is 0.378. The monoisotopic (exact) mass is 424 g/mol. The highest BCUT2D eigenvalue weighted by Gasteiger charge is 2.46. The molecule has 0 aromatic heterocycles. The Bertz CT molecular complexity index is 808. The highest BCUT2D eigenvalue weighted by atomic mass is 35.5. The van der Waals surface area contributed by atoms with Crippen LogP contribution in [0.25, 0.3) is 0 Å². The SMILES string of the molecule is O=C(COC(=O)CCN1C(=O)[C@H]2CC=CC[C@H]2C1=O)Nc1cc(Cl)cc(Cl)c1. The zero-order valence-electron chi connectivity index (χ0n) is 14.8. The molecular weight excluding hydrogens is 407 g/mol. The number of hydrogen-bond donors (Lipinski definition) is 1. The zero-order valence-corrected chi connectivity index (χ0v) is 16.3. The Morgan fingerprint density at radius 2 is 1.61 bits per heavy atom. The minimum Gasteiger partial charge on any atom is -0.456 e. The van der Waals surface area contributed by atoms with E-state index >= 15 is 0 Å². The molecule has 2 aliphatic rings. The van der Waals surface area contributed by atoms with E-state index in [0.29, 0.717) is 28.6 Å². The van der Waals surface area contributed by atoms with E-state index in [1.807, 2.05) is 12.2 Å². The average molecular weight is 425 g/mol. The number of nitrogens with one attached hydrogen (secondary N) is 1. The molecule has 1 N–H and O–H groups in total. The van der Waals surface area contributed by atoms with E-state index in [1.54, 1.807) is 0 Å². The fourth-order valence-corrected chi connectivity index (χ4v) is 3.86. The first kappa shape index (κ1) is 20.4. The van der Waals surface area contributed by atoms with Gasteiger partial charge in [-0.3, -0.25) is 24.1 Å². The summed E-state index contributed by atoms with van der Waals surface area (Å²) in [5, 5.41) is 3.23. The predicted molar refractivity (Wildman–Crippen MR) is 103 cm³/mol. The number of halogens is 2. The average Bonchev–Trinajstić information content (AvgIpc) is 2.88. The van der Waals surface area contributed by atoms with Crippen molar-refractivity contribution >= 4 is 52.6 Å². The molecule has 0 unspecified atom stereocenters. The molecule has 0 radical (unpaired) electrons. The van der Waals surface area contributed by atoms with Crippen molar-refractivity contribution in [2.24, 2.45) is 11.8 Å². The number of benzene rings is 1. The maximum atomic E-state index is 12.3. The third-order valence-corrected chi connectivity index (χ3v) is 5.09. The molecule has 1 aromatic carbocycles. The third-order valence-electron chi connectivity index (χ3n) is 4.65. The molecule has 1 aliphatic carbocycles. The highest BCUT2D eigenvalue weighted by molar-refractivity contribution is 6.35. The van der Waals surface area contributed by atoms with Crippen LogP contribution in [0.1, 0.15) is 19.3 Å². The first-order valence-electron chi connectivity index (χ1n) is 8.77. The van der Waals surface area contributed by atoms with Crippen molar-refractivity contribution in [2.45, 2.75) is 19.3 Å². The summed E-state index contributed by atoms with van der Waals surface area (Å²) in [6.07, 6.45) is 4.72. The topological polar surface area (TPSA) is 92.8 Å². The van der Waals surface area contributed by atoms with Crippen molar-refractivity contribution in [3.63, 3.8) is 0 Å². The van der Waals surface area contributed by atoms with Gasteiger partial charge in [0.25, 0.3) is 5.91 Å². The van der Waals surface area contributed by atoms with Gasteiger partial charge in [-0.15, -0.1) is 0 Å². The fraction of sp³-hybridized carbons (Fsp3) is 0.368. The maximum absolute atomic E-state index is 12.3. The van der Waals surface area contributed by atoms with Crippen LogP contribution in [0, 0.1) is 11.8 Å². The molecule has 1 fully saturated rings. The molecule has 28 heavy (non-hydrogen) atoms. The number of fused-ring (bicyclic) bond motifs is 1. The van der Waals surface area contributed by atoms with Crippen LogP contribution in [-0.2, 0) is 23.9 Å². The number of nitrogens with zero attached hydrogens (tertiary/aromatic N) is 1. The van der Waals surface area contributed by atoms with Crippen molar-refractivity contribution < 1.29 is 23.9 Å². The number of likely N-dealkylation sites (tertiary alicyclic amines) is 1. The predicted octanol–water partition coefficient (Wildman–Crippen LogP) is 2.82. The second kappa shape index (κ2) is 8.75. The molecule has 3 amide bonds. The van der Waals surface area contributed by atoms with E-state index in [-0.39, 0.29) is 36.6 Å². The van der Waals surface area contributed by atoms with Gasteiger partial charge in [-0.05, 0) is 31.0 Å². The lowest BCUT2D eigenvalue weighted by molar-refractivity contribution is -0.148. The summed E-state index contributed by atoms with van der Waals surface area (Å²) in [6.45, 7) is -0.547. The first-order chi connectivity index (χ1) is 13.3. The quantitative estimate of drug-likeness (QED) is 0.430. The lowest BCUT2D eigenvalue weighted by Crippen LogP contribution is -2.33. The number of imide groups is 1. The van der Waals surface area contributed by atoms with Crippen molar-refractivity contribution in [3.05, 3.63) is 40.4 Å². The van der Waals surface area contributed by atoms with Gasteiger partial charge < -0.3 is 10.1 Å². The van der Waals surface area contributed by atoms with Gasteiger partial charge in [-0.25, -0.2) is 0 Å². The summed E-state index contributed by atoms with van der Waals surface area (Å²) in [4.78, 5) is 49.5. The van der Waals surface area contributed by atoms with Gasteiger partial charge >= 0.3 is 5.97 Å². The van der Waals surface area contributed by atoms with Crippen molar-refractivity contribution in [1.82, 2.24) is 4.90 Å². The Morgan fingerprint density at radius 3 is 2.18 bits per heavy atom. The molecule has 1 aliphatic heterocycles. The zero-order chi connectivity index (χ0) is 20.3. The highest BCUT2D eigenvalue weighted by Crippen LogP contribution is 2.35. The molecule has 148 valence electrons. The number of carbonyl (C=O) groups excluding carboxylic acids is 4. The molecule has 3 rings (SSSR count). The number of anilines is 1. The molecule has 0 saturated carbocycles. The summed E-state index contributed by atoms with van der Waals surface area (Å²) in [5.74, 6) is -2.39. The van der Waals surface area contributed by atoms with Crippen LogP contribution < -0.4 is 5.32 Å². The van der Waals surface area contributed by atoms with Gasteiger partial charge in [-0.2, -0.15) is 0 Å². The standard InChI is InChI=1S/C19H18Cl2N2O5/c20-11-7-12(21)9-13(8-11)22-16(24)10-28-17(25)5-6-23-18(26)14-3-1-2-4-15(14)19(23)27/h1-2,7-9,14-15H,3-6,10H2,(H,22,24)/t14-,15+. The van der Waals surface area contributed by atoms with E-state index in [1.165, 1.54) is 18.2 Å². The van der Waals surface area contributed by atoms with Gasteiger partial charge in [-0.1, -0.05) is 35.4 Å². The van der Waals surface area contributed by atoms with Gasteiger partial charge in [0.15, 0.2) is 6.61 Å². The number of carbonyl (C=O) groups is 4. The lowest BCUT2D eigenvalue weighted by Gasteiger charge is -2.14. The second-order valence-corrected chi connectivity index (χ2v) is 7.47. The smallest absolute Gasteiger partial charge is 0.308 e. The molecule has 0 bridgehead atoms. The number of amides is 3. The molecule has 0 spiro atoms. The molecule has 1 heterocycles. The van der Waals surface area contributed by atoms with Crippen LogP contribution in [0.5, 0.6) is 0 Å². The minimum absolute atomic E-state index is 0.0466. The Labute approximate surface area is 171 Å². The molecule has 1 saturated heterocycles. The van der Waals surface area contributed by atoms with Gasteiger partial charge in [0.05, 0.1) is 18.3 Å². The number of allylic oxidation sites excluding steroid dienone is 2. The Kier molecular flexibility index (Phi) is 6.36. The number of hydrogen-bond acceptors (Lipinski definition) is 5. The largest absolute Gasteiger partial charge is 0.456 e. The minimum atomic E-state index is -0.673. The van der Waals surface area contributed by atoms with Crippen LogP contribution >= 0.6 is 23.2 Å². The van der Waals surface area contributed by atoms with Gasteiger partial charge in [0.2, 0.25) is 11.8 Å². The molecular formula is C19H18Cl2N2O5. The number of ether oxygens (including phenoxy) is 1. The Hall–Kier alpha value is -2.38. The van der Waals surface area contributed by atoms with E-state index < -0.39 is 18.5 Å². The molecule has 1 aromatic rings. The van der Waals surface area contributed by atoms with Crippen molar-refractivity contribution in [1.29, 1.82) is 0 Å². The molecule has 9 heteroatoms. The summed E-state index contributed by atoms with van der Waals surface area (Å²) < 4.78 is 4.91. The lowest BCUT2D eigenvalue weighted by atomic mass is 9.85. The third kappa shape index (κ3) is 4.72. The van der Waals surface area contributed by atoms with Crippen LogP contribution in [-0.4, -0.2) is 41.7 Å². The van der Waals surface area contributed by atoms with E-state index in [9.17, 15) is 19.2 Å². The van der Waals surface area contributed by atoms with Crippen molar-refractivity contribution in [3.8, 4) is 0 Å². The van der Waals surface area contributed by atoms with Crippen LogP contribution in [0.15, 0.2) is 30.4 Å². The Morgan fingerprint density at radius 1 is 1.04 bits per heavy atom. The van der Waals surface area contributed by atoms with Gasteiger partial charge in [0, 0.05) is 22.3 Å². The second-order valence-electron chi connectivity index (χ2n) is 6.60. The Balaban J connectivity index is 1.44. The number of esters is 1. The van der Waals surface area contributed by atoms with Crippen molar-refractivity contribution in [2.75, 3.05) is 18.5 Å². The summed E-state index contributed by atoms with van der Waals surface area (Å²) in [7, 11) is 0. The number of rotatable bonds is 6. The normalized spacial score (nSPS) is 20.9. The maximum Gasteiger partial charge on any atom is 0.308 e. The van der Waals surface area contributed by atoms with E-state index in [0.717, 1.165) is 4.90 Å². The van der Waals surface area contributed by atoms with Crippen LogP contribution in [0.2, 0.25) is 10.0 Å². The van der Waals surface area contributed by atoms with E-state index in [2.05, 4.69) is 5.32 Å². The van der Waals surface area contributed by atoms with Gasteiger partial charge in [0.1, 0.15) is 0 Å². The molecule has 2 atom stereocenters. The summed E-state index contributed by atoms with van der Waals surface area (Å²) >= 11 is 11.7. The van der Waals surface area contributed by atoms with Crippen LogP contribution in [0.3, 0.4) is 0 Å². The van der Waals surface area contributed by atoms with Crippen LogP contribution in [0.4, 0.5) is 5.69 Å². The fourth-order valence-electron chi connectivity index (χ4n) is 3.33. The van der Waals surface area contributed by atoms with E-state index in [4.69, 9.17) is 27.9 Å².